The summed E-state index contributed by atoms with van der Waals surface area (Å²) in [6.45, 7) is 0.647. The van der Waals surface area contributed by atoms with Crippen molar-refractivity contribution in [1.82, 2.24) is 0 Å². The molecule has 5 heteroatoms. The van der Waals surface area contributed by atoms with Crippen molar-refractivity contribution < 1.29 is 4.74 Å². The summed E-state index contributed by atoms with van der Waals surface area (Å²) in [4.78, 5) is 0. The SMILES string of the molecule is NC(N)=NN=Cc1cccc(COC2CCCC2)c1. The lowest BCUT2D eigenvalue weighted by molar-refractivity contribution is 0.0457. The number of hydrogen-bond acceptors (Lipinski definition) is 3. The van der Waals surface area contributed by atoms with Crippen LogP contribution in [0.25, 0.3) is 0 Å². The fraction of sp³-hybridized carbons (Fsp3) is 0.429. The highest BCUT2D eigenvalue weighted by Crippen LogP contribution is 2.22. The van der Waals surface area contributed by atoms with Gasteiger partial charge in [0, 0.05) is 0 Å². The molecule has 19 heavy (non-hydrogen) atoms. The van der Waals surface area contributed by atoms with Crippen molar-refractivity contribution in [3.63, 3.8) is 0 Å². The molecule has 1 aliphatic carbocycles. The lowest BCUT2D eigenvalue weighted by Crippen LogP contribution is -2.21. The van der Waals surface area contributed by atoms with Gasteiger partial charge in [-0.1, -0.05) is 31.0 Å². The molecule has 102 valence electrons. The molecule has 0 radical (unpaired) electrons. The van der Waals surface area contributed by atoms with Gasteiger partial charge in [0.15, 0.2) is 0 Å². The molecule has 1 aromatic rings. The summed E-state index contributed by atoms with van der Waals surface area (Å²) in [5.41, 5.74) is 12.5. The molecule has 0 saturated heterocycles. The van der Waals surface area contributed by atoms with E-state index in [9.17, 15) is 0 Å². The predicted molar refractivity (Wildman–Crippen MR) is 76.9 cm³/mol. The average Bonchev–Trinajstić information content (AvgIpc) is 2.89. The van der Waals surface area contributed by atoms with Gasteiger partial charge in [0.1, 0.15) is 0 Å². The van der Waals surface area contributed by atoms with Crippen LogP contribution in [0.3, 0.4) is 0 Å². The molecule has 4 N–H and O–H groups in total. The summed E-state index contributed by atoms with van der Waals surface area (Å²) < 4.78 is 5.87. The minimum Gasteiger partial charge on any atom is -0.374 e. The van der Waals surface area contributed by atoms with E-state index in [1.165, 1.54) is 25.7 Å². The van der Waals surface area contributed by atoms with Gasteiger partial charge in [0.05, 0.1) is 18.9 Å². The Kier molecular flexibility index (Phi) is 4.92. The molecule has 0 aromatic heterocycles. The van der Waals surface area contributed by atoms with E-state index in [4.69, 9.17) is 16.2 Å². The van der Waals surface area contributed by atoms with E-state index in [-0.39, 0.29) is 5.96 Å². The summed E-state index contributed by atoms with van der Waals surface area (Å²) >= 11 is 0. The first-order valence-electron chi connectivity index (χ1n) is 6.56. The summed E-state index contributed by atoms with van der Waals surface area (Å²) in [5.74, 6) is -0.0445. The van der Waals surface area contributed by atoms with Crippen LogP contribution in [0, 0.1) is 0 Å². The summed E-state index contributed by atoms with van der Waals surface area (Å²) in [5, 5.41) is 7.36. The van der Waals surface area contributed by atoms with Crippen LogP contribution in [0.5, 0.6) is 0 Å². The predicted octanol–water partition coefficient (Wildman–Crippen LogP) is 1.75. The maximum atomic E-state index is 5.87. The Bertz CT molecular complexity index is 460. The Labute approximate surface area is 113 Å². The van der Waals surface area contributed by atoms with Gasteiger partial charge in [-0.3, -0.25) is 0 Å². The minimum atomic E-state index is -0.0445. The second-order valence-corrected chi connectivity index (χ2v) is 4.73. The molecule has 0 bridgehead atoms. The van der Waals surface area contributed by atoms with E-state index in [1.54, 1.807) is 6.21 Å². The van der Waals surface area contributed by atoms with Crippen molar-refractivity contribution in [1.29, 1.82) is 0 Å². The molecule has 1 aliphatic rings. The summed E-state index contributed by atoms with van der Waals surface area (Å²) in [7, 11) is 0. The van der Waals surface area contributed by atoms with Crippen LogP contribution in [0.1, 0.15) is 36.8 Å². The molecule has 0 aliphatic heterocycles. The maximum absolute atomic E-state index is 5.87. The zero-order valence-electron chi connectivity index (χ0n) is 11.0. The number of ether oxygens (including phenoxy) is 1. The van der Waals surface area contributed by atoms with E-state index in [0.29, 0.717) is 12.7 Å². The third kappa shape index (κ3) is 4.71. The van der Waals surface area contributed by atoms with Crippen molar-refractivity contribution in [3.8, 4) is 0 Å². The lowest BCUT2D eigenvalue weighted by Gasteiger charge is -2.11. The minimum absolute atomic E-state index is 0.0445. The molecular weight excluding hydrogens is 240 g/mol. The molecule has 0 spiro atoms. The van der Waals surface area contributed by atoms with E-state index < -0.39 is 0 Å². The molecule has 1 aromatic carbocycles. The highest BCUT2D eigenvalue weighted by molar-refractivity contribution is 5.81. The highest BCUT2D eigenvalue weighted by atomic mass is 16.5. The van der Waals surface area contributed by atoms with Gasteiger partial charge in [-0.25, -0.2) is 0 Å². The van der Waals surface area contributed by atoms with Crippen molar-refractivity contribution in [2.24, 2.45) is 21.7 Å². The summed E-state index contributed by atoms with van der Waals surface area (Å²) in [6, 6.07) is 8.00. The molecule has 5 nitrogen and oxygen atoms in total. The Morgan fingerprint density at radius 3 is 2.84 bits per heavy atom. The fourth-order valence-electron chi connectivity index (χ4n) is 2.19. The average molecular weight is 260 g/mol. The van der Waals surface area contributed by atoms with Gasteiger partial charge in [-0.2, -0.15) is 5.10 Å². The van der Waals surface area contributed by atoms with E-state index >= 15 is 0 Å². The quantitative estimate of drug-likeness (QED) is 0.480. The van der Waals surface area contributed by atoms with Gasteiger partial charge in [-0.05, 0) is 30.0 Å². The molecule has 1 saturated carbocycles. The molecule has 1 fully saturated rings. The third-order valence-electron chi connectivity index (χ3n) is 3.12. The van der Waals surface area contributed by atoms with Crippen molar-refractivity contribution in [3.05, 3.63) is 35.4 Å². The molecule has 0 unspecified atom stereocenters. The molecular formula is C14H20N4O. The normalized spacial score (nSPS) is 16.0. The summed E-state index contributed by atoms with van der Waals surface area (Å²) in [6.07, 6.45) is 7.00. The van der Waals surface area contributed by atoms with Crippen LogP contribution in [-0.2, 0) is 11.3 Å². The molecule has 0 atom stereocenters. The number of nitrogens with zero attached hydrogens (tertiary/aromatic N) is 2. The van der Waals surface area contributed by atoms with Crippen molar-refractivity contribution >= 4 is 12.2 Å². The van der Waals surface area contributed by atoms with Crippen LogP contribution in [0.4, 0.5) is 0 Å². The number of rotatable bonds is 5. The van der Waals surface area contributed by atoms with E-state index in [0.717, 1.165) is 11.1 Å². The number of hydrogen-bond donors (Lipinski definition) is 2. The second kappa shape index (κ2) is 6.89. The van der Waals surface area contributed by atoms with Crippen LogP contribution in [0.15, 0.2) is 34.5 Å². The zero-order valence-corrected chi connectivity index (χ0v) is 11.0. The lowest BCUT2D eigenvalue weighted by atomic mass is 10.1. The first kappa shape index (κ1) is 13.5. The Morgan fingerprint density at radius 2 is 2.11 bits per heavy atom. The third-order valence-corrected chi connectivity index (χ3v) is 3.12. The van der Waals surface area contributed by atoms with Crippen molar-refractivity contribution in [2.75, 3.05) is 0 Å². The fourth-order valence-corrected chi connectivity index (χ4v) is 2.19. The number of guanidine groups is 1. The number of benzene rings is 1. The smallest absolute Gasteiger partial charge is 0.211 e. The monoisotopic (exact) mass is 260 g/mol. The Morgan fingerprint density at radius 1 is 1.32 bits per heavy atom. The Balaban J connectivity index is 1.90. The van der Waals surface area contributed by atoms with Crippen LogP contribution in [-0.4, -0.2) is 18.3 Å². The second-order valence-electron chi connectivity index (χ2n) is 4.73. The van der Waals surface area contributed by atoms with Gasteiger partial charge in [0.2, 0.25) is 5.96 Å². The first-order chi connectivity index (χ1) is 9.24. The van der Waals surface area contributed by atoms with E-state index in [1.807, 2.05) is 24.3 Å². The van der Waals surface area contributed by atoms with Gasteiger partial charge >= 0.3 is 0 Å². The molecule has 0 amide bonds. The van der Waals surface area contributed by atoms with Gasteiger partial charge in [-0.15, -0.1) is 5.10 Å². The van der Waals surface area contributed by atoms with E-state index in [2.05, 4.69) is 10.2 Å². The Hall–Kier alpha value is -1.88. The highest BCUT2D eigenvalue weighted by Gasteiger charge is 2.14. The standard InChI is InChI=1S/C14H20N4O/c15-14(16)18-17-9-11-4-3-5-12(8-11)10-19-13-6-1-2-7-13/h3-5,8-9,13H,1-2,6-7,10H2,(H4,15,16,18). The topological polar surface area (TPSA) is 86.0 Å². The first-order valence-corrected chi connectivity index (χ1v) is 6.56. The van der Waals surface area contributed by atoms with Crippen LogP contribution >= 0.6 is 0 Å². The van der Waals surface area contributed by atoms with Crippen LogP contribution in [0.2, 0.25) is 0 Å². The van der Waals surface area contributed by atoms with Crippen molar-refractivity contribution in [2.45, 2.75) is 38.4 Å². The molecule has 2 rings (SSSR count). The molecule has 0 heterocycles. The largest absolute Gasteiger partial charge is 0.374 e. The maximum Gasteiger partial charge on any atom is 0.211 e. The van der Waals surface area contributed by atoms with Gasteiger partial charge in [0.25, 0.3) is 0 Å². The van der Waals surface area contributed by atoms with Gasteiger partial charge < -0.3 is 16.2 Å². The van der Waals surface area contributed by atoms with Crippen LogP contribution < -0.4 is 11.5 Å². The zero-order chi connectivity index (χ0) is 13.5. The number of nitrogens with two attached hydrogens (primary N) is 2.